The van der Waals surface area contributed by atoms with Crippen molar-refractivity contribution < 1.29 is 9.47 Å². The van der Waals surface area contributed by atoms with Crippen LogP contribution in [0, 0.1) is 5.41 Å². The van der Waals surface area contributed by atoms with Crippen LogP contribution in [0.4, 0.5) is 0 Å². The second kappa shape index (κ2) is 5.65. The highest BCUT2D eigenvalue weighted by molar-refractivity contribution is 7.99. The first-order valence-corrected chi connectivity index (χ1v) is 8.45. The molecule has 0 unspecified atom stereocenters. The zero-order chi connectivity index (χ0) is 14.0. The maximum Gasteiger partial charge on any atom is 0.191 e. The standard InChI is InChI=1S/C13H17N3O2S2/c1-3-16-9-14-15-12(16)20-8-13(2)6-17-10-4-19-5-11(10)18-7-13/h4-5,9H,3,6-8H2,1-2H3. The lowest BCUT2D eigenvalue weighted by Gasteiger charge is -2.25. The van der Waals surface area contributed by atoms with Gasteiger partial charge >= 0.3 is 0 Å². The van der Waals surface area contributed by atoms with Crippen molar-refractivity contribution in [1.82, 2.24) is 14.8 Å². The number of ether oxygens (including phenoxy) is 2. The second-order valence-electron chi connectivity index (χ2n) is 5.18. The van der Waals surface area contributed by atoms with Crippen LogP contribution in [0.15, 0.2) is 22.2 Å². The van der Waals surface area contributed by atoms with Crippen molar-refractivity contribution in [3.63, 3.8) is 0 Å². The molecule has 0 fully saturated rings. The third-order valence-electron chi connectivity index (χ3n) is 3.22. The molecule has 2 aromatic rings. The van der Waals surface area contributed by atoms with Gasteiger partial charge in [0, 0.05) is 28.5 Å². The summed E-state index contributed by atoms with van der Waals surface area (Å²) in [6, 6.07) is 0. The molecule has 0 aromatic carbocycles. The fourth-order valence-corrected chi connectivity index (χ4v) is 3.70. The van der Waals surface area contributed by atoms with Crippen LogP contribution in [0.2, 0.25) is 0 Å². The predicted octanol–water partition coefficient (Wildman–Crippen LogP) is 2.93. The van der Waals surface area contributed by atoms with Crippen LogP contribution >= 0.6 is 23.1 Å². The third-order valence-corrected chi connectivity index (χ3v) is 5.33. The van der Waals surface area contributed by atoms with Crippen LogP contribution in [0.5, 0.6) is 11.5 Å². The van der Waals surface area contributed by atoms with E-state index in [0.717, 1.165) is 29.0 Å². The molecule has 3 rings (SSSR count). The quantitative estimate of drug-likeness (QED) is 0.813. The van der Waals surface area contributed by atoms with Crippen molar-refractivity contribution in [3.05, 3.63) is 17.1 Å². The molecule has 7 heteroatoms. The molecule has 1 aliphatic heterocycles. The van der Waals surface area contributed by atoms with Gasteiger partial charge < -0.3 is 14.0 Å². The van der Waals surface area contributed by atoms with E-state index in [-0.39, 0.29) is 5.41 Å². The van der Waals surface area contributed by atoms with Gasteiger partial charge in [-0.25, -0.2) is 0 Å². The molecular formula is C13H17N3O2S2. The first kappa shape index (κ1) is 13.8. The summed E-state index contributed by atoms with van der Waals surface area (Å²) >= 11 is 3.31. The fraction of sp³-hybridized carbons (Fsp3) is 0.538. The van der Waals surface area contributed by atoms with Gasteiger partial charge in [-0.15, -0.1) is 21.5 Å². The maximum atomic E-state index is 5.86. The SMILES string of the molecule is CCn1cnnc1SCC1(C)COc2cscc2OC1. The van der Waals surface area contributed by atoms with Crippen LogP contribution < -0.4 is 9.47 Å². The number of hydrogen-bond acceptors (Lipinski definition) is 6. The molecule has 0 atom stereocenters. The first-order valence-electron chi connectivity index (χ1n) is 6.52. The Morgan fingerprint density at radius 1 is 1.35 bits per heavy atom. The van der Waals surface area contributed by atoms with Crippen LogP contribution in [-0.4, -0.2) is 33.7 Å². The summed E-state index contributed by atoms with van der Waals surface area (Å²) in [4.78, 5) is 0. The van der Waals surface area contributed by atoms with Gasteiger partial charge in [0.1, 0.15) is 6.33 Å². The molecule has 5 nitrogen and oxygen atoms in total. The highest BCUT2D eigenvalue weighted by atomic mass is 32.2. The van der Waals surface area contributed by atoms with Crippen LogP contribution in [0.1, 0.15) is 13.8 Å². The Balaban J connectivity index is 1.64. The summed E-state index contributed by atoms with van der Waals surface area (Å²) in [5, 5.41) is 13.0. The number of fused-ring (bicyclic) bond motifs is 1. The van der Waals surface area contributed by atoms with Crippen LogP contribution in [-0.2, 0) is 6.54 Å². The van der Waals surface area contributed by atoms with Crippen LogP contribution in [0.25, 0.3) is 0 Å². The summed E-state index contributed by atoms with van der Waals surface area (Å²) < 4.78 is 13.8. The van der Waals surface area contributed by atoms with Gasteiger partial charge in [0.25, 0.3) is 0 Å². The summed E-state index contributed by atoms with van der Waals surface area (Å²) in [5.74, 6) is 2.61. The van der Waals surface area contributed by atoms with Crippen LogP contribution in [0.3, 0.4) is 0 Å². The molecule has 1 aliphatic rings. The number of thioether (sulfide) groups is 1. The number of aryl methyl sites for hydroxylation is 1. The molecule has 0 saturated heterocycles. The first-order chi connectivity index (χ1) is 9.70. The van der Waals surface area contributed by atoms with Gasteiger partial charge in [0.2, 0.25) is 0 Å². The number of hydrogen-bond donors (Lipinski definition) is 0. The molecule has 0 amide bonds. The molecule has 0 bridgehead atoms. The lowest BCUT2D eigenvalue weighted by Crippen LogP contribution is -2.32. The molecule has 0 N–H and O–H groups in total. The number of nitrogens with zero attached hydrogens (tertiary/aromatic N) is 3. The van der Waals surface area contributed by atoms with Crippen molar-refractivity contribution in [2.75, 3.05) is 19.0 Å². The van der Waals surface area contributed by atoms with E-state index < -0.39 is 0 Å². The fourth-order valence-electron chi connectivity index (χ4n) is 1.92. The largest absolute Gasteiger partial charge is 0.488 e. The topological polar surface area (TPSA) is 49.2 Å². The summed E-state index contributed by atoms with van der Waals surface area (Å²) in [5.41, 5.74) is -0.0358. The Bertz CT molecular complexity index is 559. The number of thiophene rings is 1. The highest BCUT2D eigenvalue weighted by Crippen LogP contribution is 2.38. The summed E-state index contributed by atoms with van der Waals surface area (Å²) in [7, 11) is 0. The Hall–Kier alpha value is -1.21. The number of rotatable bonds is 4. The number of aromatic nitrogens is 3. The van der Waals surface area contributed by atoms with E-state index in [1.807, 2.05) is 15.3 Å². The minimum atomic E-state index is -0.0358. The maximum absolute atomic E-state index is 5.86. The zero-order valence-electron chi connectivity index (χ0n) is 11.5. The molecule has 20 heavy (non-hydrogen) atoms. The van der Waals surface area contributed by atoms with E-state index in [0.29, 0.717) is 13.2 Å². The van der Waals surface area contributed by atoms with Gasteiger partial charge in [-0.2, -0.15) is 0 Å². The average molecular weight is 311 g/mol. The molecule has 0 saturated carbocycles. The van der Waals surface area contributed by atoms with E-state index in [1.165, 1.54) is 0 Å². The Morgan fingerprint density at radius 3 is 2.70 bits per heavy atom. The molecule has 0 aliphatic carbocycles. The van der Waals surface area contributed by atoms with E-state index in [9.17, 15) is 0 Å². The normalized spacial score (nSPS) is 16.9. The van der Waals surface area contributed by atoms with Gasteiger partial charge in [-0.1, -0.05) is 18.7 Å². The van der Waals surface area contributed by atoms with Gasteiger partial charge in [0.05, 0.1) is 13.2 Å². The van der Waals surface area contributed by atoms with Gasteiger partial charge in [-0.05, 0) is 6.92 Å². The molecule has 2 aromatic heterocycles. The molecule has 0 radical (unpaired) electrons. The van der Waals surface area contributed by atoms with Crippen molar-refractivity contribution in [3.8, 4) is 11.5 Å². The van der Waals surface area contributed by atoms with Crippen molar-refractivity contribution in [2.45, 2.75) is 25.5 Å². The minimum absolute atomic E-state index is 0.0358. The van der Waals surface area contributed by atoms with Crippen molar-refractivity contribution >= 4 is 23.1 Å². The lowest BCUT2D eigenvalue weighted by atomic mass is 9.96. The Morgan fingerprint density at radius 2 is 2.05 bits per heavy atom. The third kappa shape index (κ3) is 2.78. The molecule has 3 heterocycles. The second-order valence-corrected chi connectivity index (χ2v) is 6.86. The molecule has 108 valence electrons. The molecular weight excluding hydrogens is 294 g/mol. The Kier molecular flexibility index (Phi) is 3.89. The van der Waals surface area contributed by atoms with Crippen molar-refractivity contribution in [2.24, 2.45) is 5.41 Å². The van der Waals surface area contributed by atoms with E-state index in [1.54, 1.807) is 29.4 Å². The summed E-state index contributed by atoms with van der Waals surface area (Å²) in [6.07, 6.45) is 1.77. The van der Waals surface area contributed by atoms with E-state index in [2.05, 4.69) is 24.0 Å². The van der Waals surface area contributed by atoms with Gasteiger partial charge in [0.15, 0.2) is 16.7 Å². The van der Waals surface area contributed by atoms with E-state index in [4.69, 9.17) is 9.47 Å². The zero-order valence-corrected chi connectivity index (χ0v) is 13.2. The minimum Gasteiger partial charge on any atom is -0.488 e. The monoisotopic (exact) mass is 311 g/mol. The molecule has 0 spiro atoms. The van der Waals surface area contributed by atoms with Crippen molar-refractivity contribution in [1.29, 1.82) is 0 Å². The predicted molar refractivity (Wildman–Crippen MR) is 79.8 cm³/mol. The Labute approximate surface area is 126 Å². The highest BCUT2D eigenvalue weighted by Gasteiger charge is 2.31. The van der Waals surface area contributed by atoms with E-state index >= 15 is 0 Å². The smallest absolute Gasteiger partial charge is 0.191 e. The summed E-state index contributed by atoms with van der Waals surface area (Å²) in [6.45, 7) is 6.47. The lowest BCUT2D eigenvalue weighted by molar-refractivity contribution is 0.144. The average Bonchev–Trinajstić information content (AvgIpc) is 3.07. The van der Waals surface area contributed by atoms with Gasteiger partial charge in [-0.3, -0.25) is 0 Å².